The molecule has 1 amide bonds. The third-order valence-electron chi connectivity index (χ3n) is 4.73. The molecule has 0 aliphatic heterocycles. The Labute approximate surface area is 182 Å². The molecule has 0 fully saturated rings. The lowest BCUT2D eigenvalue weighted by Crippen LogP contribution is -2.42. The number of carbonyl (C=O) groups excluding carboxylic acids is 1. The molecule has 0 aromatic heterocycles. The number of guanidine groups is 1. The highest BCUT2D eigenvalue weighted by atomic mass is 19.1. The van der Waals surface area contributed by atoms with Gasteiger partial charge in [-0.05, 0) is 43.9 Å². The SMILES string of the molecule is COCCCOC1(OC(C)C)CC(CCC(=O)NC(=N)N)=C(F)C=C1c1ccccc1. The summed E-state index contributed by atoms with van der Waals surface area (Å²) in [6, 6.07) is 9.43. The van der Waals surface area contributed by atoms with Gasteiger partial charge in [-0.1, -0.05) is 30.3 Å². The van der Waals surface area contributed by atoms with E-state index in [1.807, 2.05) is 44.2 Å². The summed E-state index contributed by atoms with van der Waals surface area (Å²) in [6.45, 7) is 4.70. The Balaban J connectivity index is 2.38. The van der Waals surface area contributed by atoms with Crippen LogP contribution in [0.2, 0.25) is 0 Å². The Morgan fingerprint density at radius 2 is 2.00 bits per heavy atom. The predicted molar refractivity (Wildman–Crippen MR) is 118 cm³/mol. The Hall–Kier alpha value is -2.55. The van der Waals surface area contributed by atoms with Gasteiger partial charge in [0.05, 0.1) is 12.7 Å². The Morgan fingerprint density at radius 3 is 2.61 bits per heavy atom. The van der Waals surface area contributed by atoms with E-state index in [1.54, 1.807) is 7.11 Å². The summed E-state index contributed by atoms with van der Waals surface area (Å²) in [6.07, 6.45) is 2.22. The summed E-state index contributed by atoms with van der Waals surface area (Å²) >= 11 is 0. The minimum atomic E-state index is -1.19. The molecule has 31 heavy (non-hydrogen) atoms. The molecule has 0 saturated heterocycles. The van der Waals surface area contributed by atoms with Crippen molar-refractivity contribution in [3.05, 3.63) is 53.4 Å². The zero-order valence-electron chi connectivity index (χ0n) is 18.4. The fraction of sp³-hybridized carbons (Fsp3) is 0.478. The van der Waals surface area contributed by atoms with Crippen LogP contribution in [0.4, 0.5) is 4.39 Å². The van der Waals surface area contributed by atoms with Crippen LogP contribution >= 0.6 is 0 Å². The molecule has 8 heteroatoms. The van der Waals surface area contributed by atoms with Gasteiger partial charge in [-0.2, -0.15) is 0 Å². The maximum atomic E-state index is 15.1. The normalized spacial score (nSPS) is 18.8. The molecular formula is C23H32FN3O4. The van der Waals surface area contributed by atoms with E-state index in [0.717, 1.165) is 5.56 Å². The number of nitrogens with two attached hydrogens (primary N) is 1. The van der Waals surface area contributed by atoms with Crippen LogP contribution in [-0.4, -0.2) is 44.1 Å². The first-order valence-electron chi connectivity index (χ1n) is 10.4. The Bertz CT molecular complexity index is 823. The number of halogens is 1. The zero-order chi connectivity index (χ0) is 22.9. The molecule has 1 aromatic carbocycles. The van der Waals surface area contributed by atoms with Crippen LogP contribution in [0, 0.1) is 5.41 Å². The van der Waals surface area contributed by atoms with Gasteiger partial charge in [0.2, 0.25) is 5.91 Å². The molecule has 0 bridgehead atoms. The summed E-state index contributed by atoms with van der Waals surface area (Å²) in [5.74, 6) is -2.47. The molecule has 7 nitrogen and oxygen atoms in total. The second kappa shape index (κ2) is 11.7. The minimum Gasteiger partial charge on any atom is -0.385 e. The van der Waals surface area contributed by atoms with Crippen molar-refractivity contribution in [1.29, 1.82) is 5.41 Å². The Morgan fingerprint density at radius 1 is 1.29 bits per heavy atom. The van der Waals surface area contributed by atoms with E-state index in [1.165, 1.54) is 6.08 Å². The first-order chi connectivity index (χ1) is 14.8. The second-order valence-electron chi connectivity index (χ2n) is 7.63. The molecule has 1 atom stereocenters. The van der Waals surface area contributed by atoms with Crippen molar-refractivity contribution in [2.45, 2.75) is 51.4 Å². The first-order valence-corrected chi connectivity index (χ1v) is 10.4. The van der Waals surface area contributed by atoms with Gasteiger partial charge in [0.1, 0.15) is 5.83 Å². The third-order valence-corrected chi connectivity index (χ3v) is 4.73. The average Bonchev–Trinajstić information content (AvgIpc) is 2.71. The highest BCUT2D eigenvalue weighted by Crippen LogP contribution is 2.44. The van der Waals surface area contributed by atoms with Gasteiger partial charge in [0.15, 0.2) is 11.7 Å². The molecule has 1 aliphatic rings. The van der Waals surface area contributed by atoms with Crippen molar-refractivity contribution < 1.29 is 23.4 Å². The molecule has 1 unspecified atom stereocenters. The van der Waals surface area contributed by atoms with E-state index in [2.05, 4.69) is 5.32 Å². The topological polar surface area (TPSA) is 107 Å². The van der Waals surface area contributed by atoms with Gasteiger partial charge < -0.3 is 19.9 Å². The fourth-order valence-corrected chi connectivity index (χ4v) is 3.49. The molecule has 0 heterocycles. The monoisotopic (exact) mass is 433 g/mol. The number of methoxy groups -OCH3 is 1. The third kappa shape index (κ3) is 7.27. The lowest BCUT2D eigenvalue weighted by Gasteiger charge is -2.40. The van der Waals surface area contributed by atoms with Gasteiger partial charge >= 0.3 is 0 Å². The van der Waals surface area contributed by atoms with Crippen LogP contribution in [-0.2, 0) is 19.0 Å². The first kappa shape index (κ1) is 24.7. The summed E-state index contributed by atoms with van der Waals surface area (Å²) in [7, 11) is 1.62. The highest BCUT2D eigenvalue weighted by molar-refractivity contribution is 5.94. The molecule has 2 rings (SSSR count). The van der Waals surface area contributed by atoms with Gasteiger partial charge in [-0.15, -0.1) is 0 Å². The molecular weight excluding hydrogens is 401 g/mol. The van der Waals surface area contributed by atoms with E-state index in [0.29, 0.717) is 30.8 Å². The Kier molecular flexibility index (Phi) is 9.36. The number of carbonyl (C=O) groups is 1. The van der Waals surface area contributed by atoms with Crippen LogP contribution in [0.5, 0.6) is 0 Å². The lowest BCUT2D eigenvalue weighted by atomic mass is 9.85. The number of benzene rings is 1. The standard InChI is InChI=1S/C23H32FN3O4/c1-16(2)31-23(30-13-7-12-29-3)15-18(10-11-21(28)27-22(25)26)20(24)14-19(23)17-8-5-4-6-9-17/h4-6,8-9,14,16H,7,10-13,15H2,1-3H3,(H4,25,26,27,28). The van der Waals surface area contributed by atoms with E-state index >= 15 is 4.39 Å². The summed E-state index contributed by atoms with van der Waals surface area (Å²) in [4.78, 5) is 11.9. The summed E-state index contributed by atoms with van der Waals surface area (Å²) < 4.78 is 32.8. The maximum absolute atomic E-state index is 15.1. The lowest BCUT2D eigenvalue weighted by molar-refractivity contribution is -0.216. The van der Waals surface area contributed by atoms with E-state index in [-0.39, 0.29) is 25.4 Å². The largest absolute Gasteiger partial charge is 0.385 e. The predicted octanol–water partition coefficient (Wildman–Crippen LogP) is 3.66. The van der Waals surface area contributed by atoms with Gasteiger partial charge in [0.25, 0.3) is 0 Å². The number of amides is 1. The van der Waals surface area contributed by atoms with Crippen LogP contribution in [0.15, 0.2) is 47.8 Å². The fourth-order valence-electron chi connectivity index (χ4n) is 3.49. The molecule has 0 saturated carbocycles. The van der Waals surface area contributed by atoms with Crippen molar-refractivity contribution in [2.24, 2.45) is 5.73 Å². The minimum absolute atomic E-state index is 0.00171. The van der Waals surface area contributed by atoms with E-state index in [4.69, 9.17) is 25.4 Å². The van der Waals surface area contributed by atoms with Crippen molar-refractivity contribution in [3.8, 4) is 0 Å². The van der Waals surface area contributed by atoms with E-state index < -0.39 is 23.5 Å². The molecule has 170 valence electrons. The number of ether oxygens (including phenoxy) is 3. The van der Waals surface area contributed by atoms with Crippen LogP contribution < -0.4 is 11.1 Å². The zero-order valence-corrected chi connectivity index (χ0v) is 18.4. The molecule has 0 spiro atoms. The summed E-state index contributed by atoms with van der Waals surface area (Å²) in [5, 5.41) is 9.38. The van der Waals surface area contributed by atoms with Crippen LogP contribution in [0.3, 0.4) is 0 Å². The maximum Gasteiger partial charge on any atom is 0.226 e. The quantitative estimate of drug-likeness (QED) is 0.214. The number of allylic oxidation sites excluding steroid dienone is 2. The van der Waals surface area contributed by atoms with Gasteiger partial charge in [-0.3, -0.25) is 15.5 Å². The van der Waals surface area contributed by atoms with Crippen molar-refractivity contribution in [1.82, 2.24) is 5.32 Å². The van der Waals surface area contributed by atoms with Crippen molar-refractivity contribution in [3.63, 3.8) is 0 Å². The molecule has 1 aliphatic carbocycles. The highest BCUT2D eigenvalue weighted by Gasteiger charge is 2.42. The molecule has 0 radical (unpaired) electrons. The average molecular weight is 434 g/mol. The van der Waals surface area contributed by atoms with Crippen molar-refractivity contribution >= 4 is 17.4 Å². The van der Waals surface area contributed by atoms with Crippen molar-refractivity contribution in [2.75, 3.05) is 20.3 Å². The summed E-state index contributed by atoms with van der Waals surface area (Å²) in [5.41, 5.74) is 7.03. The number of hydrogen-bond donors (Lipinski definition) is 3. The number of nitrogens with one attached hydrogen (secondary N) is 2. The molecule has 4 N–H and O–H groups in total. The molecule has 1 aromatic rings. The second-order valence-corrected chi connectivity index (χ2v) is 7.63. The number of rotatable bonds is 11. The van der Waals surface area contributed by atoms with Crippen LogP contribution in [0.25, 0.3) is 5.57 Å². The van der Waals surface area contributed by atoms with Crippen LogP contribution in [0.1, 0.15) is 45.1 Å². The van der Waals surface area contributed by atoms with Gasteiger partial charge in [-0.25, -0.2) is 4.39 Å². The number of hydrogen-bond acceptors (Lipinski definition) is 5. The van der Waals surface area contributed by atoms with Gasteiger partial charge in [0, 0.05) is 32.1 Å². The van der Waals surface area contributed by atoms with E-state index in [9.17, 15) is 4.79 Å². The smallest absolute Gasteiger partial charge is 0.226 e.